The van der Waals surface area contributed by atoms with E-state index < -0.39 is 0 Å². The summed E-state index contributed by atoms with van der Waals surface area (Å²) in [5.74, 6) is 0.797. The molecule has 0 aliphatic carbocycles. The summed E-state index contributed by atoms with van der Waals surface area (Å²) in [6.45, 7) is 6.21. The van der Waals surface area contributed by atoms with Crippen LogP contribution in [-0.4, -0.2) is 34.9 Å². The minimum Gasteiger partial charge on any atom is -0.496 e. The van der Waals surface area contributed by atoms with Gasteiger partial charge in [-0.1, -0.05) is 0 Å². The predicted octanol–water partition coefficient (Wildman–Crippen LogP) is 2.74. The molecule has 0 radical (unpaired) electrons. The molecule has 0 unspecified atom stereocenters. The van der Waals surface area contributed by atoms with Crippen LogP contribution in [0.25, 0.3) is 0 Å². The molecule has 0 saturated carbocycles. The average molecular weight is 305 g/mol. The van der Waals surface area contributed by atoms with Crippen molar-refractivity contribution in [3.05, 3.63) is 39.1 Å². The Hall–Kier alpha value is -1.95. The first-order chi connectivity index (χ1) is 9.95. The zero-order chi connectivity index (χ0) is 15.6. The van der Waals surface area contributed by atoms with Crippen molar-refractivity contribution in [2.75, 3.05) is 14.2 Å². The highest BCUT2D eigenvalue weighted by Gasteiger charge is 2.19. The van der Waals surface area contributed by atoms with Gasteiger partial charge in [0.05, 0.1) is 30.6 Å². The Morgan fingerprint density at radius 2 is 2.05 bits per heavy atom. The first-order valence-corrected chi connectivity index (χ1v) is 7.48. The van der Waals surface area contributed by atoms with E-state index >= 15 is 0 Å². The van der Waals surface area contributed by atoms with Crippen molar-refractivity contribution in [3.8, 4) is 5.75 Å². The van der Waals surface area contributed by atoms with Crippen LogP contribution in [0.5, 0.6) is 5.75 Å². The maximum Gasteiger partial charge on any atom is 0.265 e. The molecule has 6 heteroatoms. The molecular formula is C15H19N3O2S. The summed E-state index contributed by atoms with van der Waals surface area (Å²) >= 11 is 1.36. The highest BCUT2D eigenvalue weighted by Crippen LogP contribution is 2.25. The van der Waals surface area contributed by atoms with Crippen molar-refractivity contribution in [2.24, 2.45) is 0 Å². The number of carbonyl (C=O) groups excluding carboxylic acids is 1. The minimum absolute atomic E-state index is 0.0317. The van der Waals surface area contributed by atoms with E-state index in [0.717, 1.165) is 28.3 Å². The lowest BCUT2D eigenvalue weighted by atomic mass is 10.1. The molecule has 0 fully saturated rings. The fourth-order valence-corrected chi connectivity index (χ4v) is 3.00. The summed E-state index contributed by atoms with van der Waals surface area (Å²) in [4.78, 5) is 23.3. The highest BCUT2D eigenvalue weighted by atomic mass is 32.1. The zero-order valence-electron chi connectivity index (χ0n) is 12.9. The van der Waals surface area contributed by atoms with Crippen molar-refractivity contribution in [3.63, 3.8) is 0 Å². The van der Waals surface area contributed by atoms with E-state index in [-0.39, 0.29) is 5.91 Å². The van der Waals surface area contributed by atoms with Crippen LogP contribution in [0.2, 0.25) is 0 Å². The molecule has 5 nitrogen and oxygen atoms in total. The molecule has 0 aliphatic heterocycles. The summed E-state index contributed by atoms with van der Waals surface area (Å²) in [6, 6.07) is 0. The third-order valence-electron chi connectivity index (χ3n) is 3.42. The molecule has 0 spiro atoms. The molecule has 21 heavy (non-hydrogen) atoms. The molecular weight excluding hydrogens is 286 g/mol. The molecule has 0 N–H and O–H groups in total. The Morgan fingerprint density at radius 1 is 1.33 bits per heavy atom. The van der Waals surface area contributed by atoms with Gasteiger partial charge in [-0.25, -0.2) is 4.98 Å². The molecule has 1 amide bonds. The summed E-state index contributed by atoms with van der Waals surface area (Å²) in [7, 11) is 3.42. The summed E-state index contributed by atoms with van der Waals surface area (Å²) in [6.07, 6.45) is 1.78. The number of ether oxygens (including phenoxy) is 1. The van der Waals surface area contributed by atoms with Crippen molar-refractivity contribution in [2.45, 2.75) is 27.3 Å². The summed E-state index contributed by atoms with van der Waals surface area (Å²) in [5, 5.41) is 0. The van der Waals surface area contributed by atoms with Crippen LogP contribution in [0.15, 0.2) is 11.7 Å². The molecule has 0 aliphatic rings. The lowest BCUT2D eigenvalue weighted by molar-refractivity contribution is 0.0787. The molecule has 0 saturated heterocycles. The average Bonchev–Trinajstić information content (AvgIpc) is 2.88. The van der Waals surface area contributed by atoms with Gasteiger partial charge in [-0.2, -0.15) is 0 Å². The van der Waals surface area contributed by atoms with Gasteiger partial charge in [0.15, 0.2) is 0 Å². The van der Waals surface area contributed by atoms with Crippen LogP contribution < -0.4 is 4.74 Å². The number of aromatic nitrogens is 2. The number of hydrogen-bond donors (Lipinski definition) is 0. The molecule has 2 aromatic heterocycles. The maximum atomic E-state index is 12.4. The Balaban J connectivity index is 2.22. The number of hydrogen-bond acceptors (Lipinski definition) is 5. The van der Waals surface area contributed by atoms with Gasteiger partial charge < -0.3 is 9.64 Å². The van der Waals surface area contributed by atoms with E-state index in [1.807, 2.05) is 20.8 Å². The molecule has 2 aromatic rings. The molecule has 2 heterocycles. The second-order valence-corrected chi connectivity index (χ2v) is 5.83. The number of nitrogens with zero attached hydrogens (tertiary/aromatic N) is 3. The number of aryl methyl sites for hydroxylation is 2. The van der Waals surface area contributed by atoms with Crippen molar-refractivity contribution >= 4 is 17.2 Å². The van der Waals surface area contributed by atoms with Crippen LogP contribution in [0.4, 0.5) is 0 Å². The Labute approximate surface area is 128 Å². The largest absolute Gasteiger partial charge is 0.496 e. The third-order valence-corrected chi connectivity index (χ3v) is 4.34. The number of rotatable bonds is 4. The van der Waals surface area contributed by atoms with E-state index in [1.165, 1.54) is 11.3 Å². The normalized spacial score (nSPS) is 10.5. The fourth-order valence-electron chi connectivity index (χ4n) is 2.21. The van der Waals surface area contributed by atoms with Gasteiger partial charge in [0.25, 0.3) is 5.91 Å². The third kappa shape index (κ3) is 3.05. The van der Waals surface area contributed by atoms with E-state index in [4.69, 9.17) is 4.74 Å². The number of pyridine rings is 1. The van der Waals surface area contributed by atoms with E-state index in [9.17, 15) is 4.79 Å². The lowest BCUT2D eigenvalue weighted by Gasteiger charge is -2.19. The molecule has 0 bridgehead atoms. The predicted molar refractivity (Wildman–Crippen MR) is 82.9 cm³/mol. The molecule has 0 aromatic carbocycles. The zero-order valence-corrected chi connectivity index (χ0v) is 13.7. The van der Waals surface area contributed by atoms with Crippen LogP contribution in [0.3, 0.4) is 0 Å². The standard InChI is InChI=1S/C15H19N3O2S/c1-9-6-16-12(10(2)13(9)20-5)7-18(4)15(19)14-11(3)17-8-21-14/h6,8H,7H2,1-5H3. The molecule has 112 valence electrons. The van der Waals surface area contributed by atoms with Crippen LogP contribution in [0.1, 0.15) is 32.2 Å². The highest BCUT2D eigenvalue weighted by molar-refractivity contribution is 7.11. The van der Waals surface area contributed by atoms with E-state index in [2.05, 4.69) is 9.97 Å². The summed E-state index contributed by atoms with van der Waals surface area (Å²) in [5.41, 5.74) is 5.26. The molecule has 2 rings (SSSR count). The topological polar surface area (TPSA) is 55.3 Å². The van der Waals surface area contributed by atoms with Gasteiger partial charge >= 0.3 is 0 Å². The van der Waals surface area contributed by atoms with Gasteiger partial charge in [0.2, 0.25) is 0 Å². The number of amides is 1. The second-order valence-electron chi connectivity index (χ2n) is 4.97. The summed E-state index contributed by atoms with van der Waals surface area (Å²) < 4.78 is 5.40. The smallest absolute Gasteiger partial charge is 0.265 e. The van der Waals surface area contributed by atoms with Gasteiger partial charge in [0.1, 0.15) is 10.6 Å². The fraction of sp³-hybridized carbons (Fsp3) is 0.400. The van der Waals surface area contributed by atoms with Crippen LogP contribution in [0, 0.1) is 20.8 Å². The van der Waals surface area contributed by atoms with Gasteiger partial charge in [-0.05, 0) is 20.8 Å². The van der Waals surface area contributed by atoms with Crippen LogP contribution >= 0.6 is 11.3 Å². The van der Waals surface area contributed by atoms with Gasteiger partial charge in [0, 0.05) is 24.4 Å². The first kappa shape index (κ1) is 15.4. The number of methoxy groups -OCH3 is 1. The van der Waals surface area contributed by atoms with Crippen molar-refractivity contribution < 1.29 is 9.53 Å². The Kier molecular flexibility index (Phi) is 4.57. The number of carbonyl (C=O) groups is 1. The van der Waals surface area contributed by atoms with Crippen molar-refractivity contribution in [1.29, 1.82) is 0 Å². The Bertz CT molecular complexity index is 667. The second kappa shape index (κ2) is 6.22. The number of thiazole rings is 1. The van der Waals surface area contributed by atoms with E-state index in [1.54, 1.807) is 30.8 Å². The van der Waals surface area contributed by atoms with E-state index in [0.29, 0.717) is 11.4 Å². The van der Waals surface area contributed by atoms with Gasteiger partial charge in [-0.15, -0.1) is 11.3 Å². The molecule has 0 atom stereocenters. The minimum atomic E-state index is -0.0317. The monoisotopic (exact) mass is 305 g/mol. The van der Waals surface area contributed by atoms with Crippen molar-refractivity contribution in [1.82, 2.24) is 14.9 Å². The maximum absolute atomic E-state index is 12.4. The first-order valence-electron chi connectivity index (χ1n) is 6.60. The quantitative estimate of drug-likeness (QED) is 0.871. The Morgan fingerprint density at radius 3 is 2.62 bits per heavy atom. The van der Waals surface area contributed by atoms with Gasteiger partial charge in [-0.3, -0.25) is 9.78 Å². The lowest BCUT2D eigenvalue weighted by Crippen LogP contribution is -2.27. The SMILES string of the molecule is COc1c(C)cnc(CN(C)C(=O)c2scnc2C)c1C. The van der Waals surface area contributed by atoms with Crippen LogP contribution in [-0.2, 0) is 6.54 Å².